The van der Waals surface area contributed by atoms with Gasteiger partial charge in [0.25, 0.3) is 0 Å². The highest BCUT2D eigenvalue weighted by molar-refractivity contribution is 9.10. The number of aryl methyl sites for hydroxylation is 1. The lowest BCUT2D eigenvalue weighted by Gasteiger charge is -2.07. The molecule has 1 atom stereocenters. The van der Waals surface area contributed by atoms with E-state index >= 15 is 0 Å². The lowest BCUT2D eigenvalue weighted by atomic mass is 10.00. The normalized spacial score (nSPS) is 12.2. The summed E-state index contributed by atoms with van der Waals surface area (Å²) in [6.07, 6.45) is 0. The van der Waals surface area contributed by atoms with Gasteiger partial charge in [0.1, 0.15) is 0 Å². The van der Waals surface area contributed by atoms with Crippen LogP contribution in [0, 0.1) is 6.92 Å². The van der Waals surface area contributed by atoms with E-state index in [9.17, 15) is 9.59 Å². The van der Waals surface area contributed by atoms with E-state index in [1.165, 1.54) is 6.07 Å². The molecule has 0 saturated carbocycles. The fourth-order valence-corrected chi connectivity index (χ4v) is 1.51. The number of rotatable bonds is 3. The van der Waals surface area contributed by atoms with Crippen LogP contribution in [0.2, 0.25) is 0 Å². The van der Waals surface area contributed by atoms with Gasteiger partial charge in [0.05, 0.1) is 10.4 Å². The van der Waals surface area contributed by atoms with Crippen LogP contribution in [0.3, 0.4) is 0 Å². The van der Waals surface area contributed by atoms with Crippen LogP contribution in [0.15, 0.2) is 18.2 Å². The molecule has 1 aromatic rings. The Balaban J connectivity index is 3.30. The highest BCUT2D eigenvalue weighted by Gasteiger charge is 2.19. The van der Waals surface area contributed by atoms with Crippen molar-refractivity contribution in [2.24, 2.45) is 0 Å². The van der Waals surface area contributed by atoms with E-state index in [4.69, 9.17) is 5.11 Å². The molecular formula is C11H11BrO3. The summed E-state index contributed by atoms with van der Waals surface area (Å²) in [6.45, 7) is 3.50. The smallest absolute Gasteiger partial charge is 0.336 e. The van der Waals surface area contributed by atoms with E-state index in [-0.39, 0.29) is 21.7 Å². The predicted octanol–water partition coefficient (Wildman–Crippen LogP) is 2.66. The molecule has 0 heterocycles. The molecule has 0 aromatic heterocycles. The van der Waals surface area contributed by atoms with Crippen molar-refractivity contribution in [3.8, 4) is 0 Å². The Labute approximate surface area is 96.2 Å². The average Bonchev–Trinajstić information content (AvgIpc) is 2.15. The summed E-state index contributed by atoms with van der Waals surface area (Å²) in [5, 5.41) is 8.92. The zero-order valence-corrected chi connectivity index (χ0v) is 10.0. The molecule has 3 nitrogen and oxygen atoms in total. The third kappa shape index (κ3) is 2.65. The molecule has 80 valence electrons. The van der Waals surface area contributed by atoms with Gasteiger partial charge >= 0.3 is 5.97 Å². The number of aromatic carboxylic acids is 1. The molecule has 0 fully saturated rings. The van der Waals surface area contributed by atoms with Gasteiger partial charge < -0.3 is 5.11 Å². The number of carboxylic acids is 1. The van der Waals surface area contributed by atoms with Gasteiger partial charge in [-0.2, -0.15) is 0 Å². The van der Waals surface area contributed by atoms with Gasteiger partial charge in [-0.05, 0) is 26.0 Å². The van der Waals surface area contributed by atoms with Crippen molar-refractivity contribution in [3.63, 3.8) is 0 Å². The summed E-state index contributed by atoms with van der Waals surface area (Å²) in [5.41, 5.74) is 1.18. The van der Waals surface area contributed by atoms with Gasteiger partial charge in [-0.25, -0.2) is 4.79 Å². The maximum atomic E-state index is 11.7. The van der Waals surface area contributed by atoms with Gasteiger partial charge in [0, 0.05) is 5.56 Å². The summed E-state index contributed by atoms with van der Waals surface area (Å²) in [4.78, 5) is 22.2. The maximum Gasteiger partial charge on any atom is 0.336 e. The van der Waals surface area contributed by atoms with Crippen LogP contribution in [-0.4, -0.2) is 21.7 Å². The number of carbonyl (C=O) groups is 2. The van der Waals surface area contributed by atoms with Crippen LogP contribution in [0.25, 0.3) is 0 Å². The van der Waals surface area contributed by atoms with Gasteiger partial charge in [-0.15, -0.1) is 0 Å². The molecule has 0 bridgehead atoms. The van der Waals surface area contributed by atoms with Crippen molar-refractivity contribution in [2.75, 3.05) is 0 Å². The molecule has 1 aromatic carbocycles. The Hall–Kier alpha value is -1.16. The molecular weight excluding hydrogens is 260 g/mol. The number of benzene rings is 1. The molecule has 1 N–H and O–H groups in total. The Morgan fingerprint density at radius 3 is 2.40 bits per heavy atom. The van der Waals surface area contributed by atoms with Crippen LogP contribution in [0.5, 0.6) is 0 Å². The second-order valence-electron chi connectivity index (χ2n) is 3.33. The average molecular weight is 271 g/mol. The second-order valence-corrected chi connectivity index (χ2v) is 4.71. The summed E-state index contributed by atoms with van der Waals surface area (Å²) >= 11 is 3.14. The Morgan fingerprint density at radius 2 is 1.93 bits per heavy atom. The number of halogens is 1. The van der Waals surface area contributed by atoms with E-state index in [2.05, 4.69) is 15.9 Å². The first-order valence-electron chi connectivity index (χ1n) is 4.45. The van der Waals surface area contributed by atoms with Gasteiger partial charge in [0.15, 0.2) is 5.78 Å². The molecule has 0 saturated heterocycles. The second kappa shape index (κ2) is 4.57. The number of ketones is 1. The lowest BCUT2D eigenvalue weighted by Crippen LogP contribution is -2.15. The summed E-state index contributed by atoms with van der Waals surface area (Å²) in [5.74, 6) is -1.29. The number of hydrogen-bond donors (Lipinski definition) is 1. The lowest BCUT2D eigenvalue weighted by molar-refractivity contribution is 0.0692. The highest BCUT2D eigenvalue weighted by atomic mass is 79.9. The van der Waals surface area contributed by atoms with Gasteiger partial charge in [-0.1, -0.05) is 27.6 Å². The van der Waals surface area contributed by atoms with Gasteiger partial charge in [0.2, 0.25) is 0 Å². The molecule has 0 radical (unpaired) electrons. The first kappa shape index (κ1) is 11.9. The fraction of sp³-hybridized carbons (Fsp3) is 0.273. The Morgan fingerprint density at radius 1 is 1.33 bits per heavy atom. The van der Waals surface area contributed by atoms with Crippen molar-refractivity contribution in [1.82, 2.24) is 0 Å². The maximum absolute atomic E-state index is 11.7. The third-order valence-electron chi connectivity index (χ3n) is 2.03. The monoisotopic (exact) mass is 270 g/mol. The van der Waals surface area contributed by atoms with E-state index in [1.54, 1.807) is 19.1 Å². The minimum Gasteiger partial charge on any atom is -0.478 e. The quantitative estimate of drug-likeness (QED) is 0.679. The number of Topliss-reactive ketones (excluding diaryl/α,β-unsaturated/α-hetero) is 1. The number of carbonyl (C=O) groups excluding carboxylic acids is 1. The van der Waals surface area contributed by atoms with E-state index in [0.717, 1.165) is 5.56 Å². The van der Waals surface area contributed by atoms with Crippen LogP contribution in [0.1, 0.15) is 33.2 Å². The van der Waals surface area contributed by atoms with E-state index < -0.39 is 5.97 Å². The Kier molecular flexibility index (Phi) is 3.63. The summed E-state index contributed by atoms with van der Waals surface area (Å²) < 4.78 is 0. The summed E-state index contributed by atoms with van der Waals surface area (Å²) in [6, 6.07) is 4.74. The molecule has 1 unspecified atom stereocenters. The first-order valence-corrected chi connectivity index (χ1v) is 5.37. The minimum atomic E-state index is -1.08. The molecule has 0 aliphatic rings. The zero-order chi connectivity index (χ0) is 11.6. The molecule has 15 heavy (non-hydrogen) atoms. The van der Waals surface area contributed by atoms with Crippen molar-refractivity contribution in [1.29, 1.82) is 0 Å². The number of hydrogen-bond acceptors (Lipinski definition) is 2. The molecule has 0 aliphatic heterocycles. The number of carboxylic acid groups (broad SMARTS) is 1. The van der Waals surface area contributed by atoms with Crippen molar-refractivity contribution in [3.05, 3.63) is 34.9 Å². The SMILES string of the molecule is Cc1ccc(C(=O)O)c(C(=O)C(C)Br)c1. The van der Waals surface area contributed by atoms with Gasteiger partial charge in [-0.3, -0.25) is 4.79 Å². The molecule has 0 spiro atoms. The Bertz CT molecular complexity index is 410. The topological polar surface area (TPSA) is 54.4 Å². The van der Waals surface area contributed by atoms with Crippen LogP contribution >= 0.6 is 15.9 Å². The van der Waals surface area contributed by atoms with Crippen molar-refractivity contribution >= 4 is 27.7 Å². The standard InChI is InChI=1S/C11H11BrO3/c1-6-3-4-8(11(14)15)9(5-6)10(13)7(2)12/h3-5,7H,1-2H3,(H,14,15). The molecule has 0 aliphatic carbocycles. The van der Waals surface area contributed by atoms with Crippen LogP contribution in [-0.2, 0) is 0 Å². The largest absolute Gasteiger partial charge is 0.478 e. The predicted molar refractivity (Wildman–Crippen MR) is 60.9 cm³/mol. The molecule has 1 rings (SSSR count). The van der Waals surface area contributed by atoms with Crippen molar-refractivity contribution < 1.29 is 14.7 Å². The van der Waals surface area contributed by atoms with Crippen LogP contribution < -0.4 is 0 Å². The minimum absolute atomic E-state index is 0.0527. The van der Waals surface area contributed by atoms with Crippen LogP contribution in [0.4, 0.5) is 0 Å². The molecule has 0 amide bonds. The zero-order valence-electron chi connectivity index (χ0n) is 8.45. The summed E-state index contributed by atoms with van der Waals surface area (Å²) in [7, 11) is 0. The van der Waals surface area contributed by atoms with Crippen molar-refractivity contribution in [2.45, 2.75) is 18.7 Å². The third-order valence-corrected chi connectivity index (χ3v) is 2.45. The highest BCUT2D eigenvalue weighted by Crippen LogP contribution is 2.16. The van der Waals surface area contributed by atoms with E-state index in [0.29, 0.717) is 0 Å². The van der Waals surface area contributed by atoms with E-state index in [1.807, 2.05) is 6.92 Å². The first-order chi connectivity index (χ1) is 6.93. The fourth-order valence-electron chi connectivity index (χ4n) is 1.26. The molecule has 4 heteroatoms. The number of alkyl halides is 1.